The molecule has 1 radical (unpaired) electrons. The van der Waals surface area contributed by atoms with Crippen molar-refractivity contribution in [3.8, 4) is 11.5 Å². The second-order valence-electron chi connectivity index (χ2n) is 6.86. The van der Waals surface area contributed by atoms with Crippen LogP contribution in [0.25, 0.3) is 17.1 Å². The summed E-state index contributed by atoms with van der Waals surface area (Å²) in [4.78, 5) is 4.89. The van der Waals surface area contributed by atoms with Crippen molar-refractivity contribution in [2.45, 2.75) is 58.8 Å². The fourth-order valence-corrected chi connectivity index (χ4v) is 3.80. The molecule has 0 bridgehead atoms. The van der Waals surface area contributed by atoms with Crippen LogP contribution in [0.2, 0.25) is 0 Å². The molecule has 3 heterocycles. The maximum Gasteiger partial charge on any atom is 0.155 e. The molecule has 3 aromatic heterocycles. The number of furan rings is 1. The normalized spacial score (nSPS) is 16.3. The minimum Gasteiger partial charge on any atom is -0.459 e. The summed E-state index contributed by atoms with van der Waals surface area (Å²) in [5, 5.41) is 0. The van der Waals surface area contributed by atoms with E-state index in [9.17, 15) is 0 Å². The second kappa shape index (κ2) is 5.55. The molecule has 0 atom stereocenters. The largest absolute Gasteiger partial charge is 0.459 e. The Morgan fingerprint density at radius 2 is 1.91 bits per heavy atom. The van der Waals surface area contributed by atoms with Crippen molar-refractivity contribution >= 4 is 5.65 Å². The van der Waals surface area contributed by atoms with Crippen LogP contribution in [0.3, 0.4) is 0 Å². The van der Waals surface area contributed by atoms with E-state index in [4.69, 9.17) is 9.40 Å². The molecule has 0 saturated heterocycles. The monoisotopic (exact) mass is 307 g/mol. The second-order valence-corrected chi connectivity index (χ2v) is 6.86. The smallest absolute Gasteiger partial charge is 0.155 e. The zero-order valence-corrected chi connectivity index (χ0v) is 14.1. The molecule has 1 aliphatic rings. The average molecular weight is 307 g/mol. The van der Waals surface area contributed by atoms with Gasteiger partial charge < -0.3 is 4.42 Å². The van der Waals surface area contributed by atoms with Gasteiger partial charge in [0, 0.05) is 11.8 Å². The Labute approximate surface area is 137 Å². The molecule has 3 nitrogen and oxygen atoms in total. The van der Waals surface area contributed by atoms with Crippen LogP contribution in [0.1, 0.15) is 60.5 Å². The van der Waals surface area contributed by atoms with Gasteiger partial charge in [-0.15, -0.1) is 0 Å². The molecule has 3 heteroatoms. The van der Waals surface area contributed by atoms with Gasteiger partial charge in [0.2, 0.25) is 0 Å². The molecule has 0 aromatic carbocycles. The number of nitrogens with zero attached hydrogens (tertiary/aromatic N) is 2. The molecule has 0 spiro atoms. The molecule has 119 valence electrons. The lowest BCUT2D eigenvalue weighted by atomic mass is 9.83. The summed E-state index contributed by atoms with van der Waals surface area (Å²) < 4.78 is 7.88. The molecule has 3 aromatic rings. The topological polar surface area (TPSA) is 30.4 Å². The molecule has 1 fully saturated rings. The molecular weight excluding hydrogens is 284 g/mol. The highest BCUT2D eigenvalue weighted by Crippen LogP contribution is 2.37. The van der Waals surface area contributed by atoms with Crippen molar-refractivity contribution in [2.24, 2.45) is 0 Å². The molecule has 0 N–H and O–H groups in total. The highest BCUT2D eigenvalue weighted by Gasteiger charge is 2.22. The first-order valence-corrected chi connectivity index (χ1v) is 8.62. The van der Waals surface area contributed by atoms with Crippen LogP contribution < -0.4 is 0 Å². The van der Waals surface area contributed by atoms with Gasteiger partial charge in [-0.2, -0.15) is 0 Å². The van der Waals surface area contributed by atoms with Crippen molar-refractivity contribution in [3.63, 3.8) is 0 Å². The molecule has 23 heavy (non-hydrogen) atoms. The first-order chi connectivity index (χ1) is 11.1. The van der Waals surface area contributed by atoms with E-state index >= 15 is 0 Å². The van der Waals surface area contributed by atoms with E-state index in [2.05, 4.69) is 38.4 Å². The molecule has 0 aliphatic heterocycles. The van der Waals surface area contributed by atoms with Crippen molar-refractivity contribution < 1.29 is 4.42 Å². The maximum atomic E-state index is 5.84. The summed E-state index contributed by atoms with van der Waals surface area (Å²) in [6, 6.07) is 4.25. The average Bonchev–Trinajstić information content (AvgIpc) is 3.12. The van der Waals surface area contributed by atoms with E-state index in [0.29, 0.717) is 5.92 Å². The fourth-order valence-electron chi connectivity index (χ4n) is 3.80. The van der Waals surface area contributed by atoms with Gasteiger partial charge in [0.1, 0.15) is 23.3 Å². The van der Waals surface area contributed by atoms with E-state index in [1.54, 1.807) is 0 Å². The SMILES string of the molecule is Cc1cc(-c2[c]n3ccc(C)c(C4CCCCC4)c3n2)oc1C. The maximum absolute atomic E-state index is 5.84. The van der Waals surface area contributed by atoms with E-state index < -0.39 is 0 Å². The fraction of sp³-hybridized carbons (Fsp3) is 0.450. The van der Waals surface area contributed by atoms with Crippen LogP contribution in [0.4, 0.5) is 0 Å². The number of hydrogen-bond acceptors (Lipinski definition) is 2. The number of aromatic nitrogens is 2. The highest BCUT2D eigenvalue weighted by molar-refractivity contribution is 5.62. The minimum atomic E-state index is 0.635. The lowest BCUT2D eigenvalue weighted by molar-refractivity contribution is 0.443. The number of fused-ring (bicyclic) bond motifs is 1. The minimum absolute atomic E-state index is 0.635. The van der Waals surface area contributed by atoms with Gasteiger partial charge in [-0.05, 0) is 62.8 Å². The lowest BCUT2D eigenvalue weighted by Crippen LogP contribution is -2.08. The van der Waals surface area contributed by atoms with Crippen molar-refractivity contribution in [1.82, 2.24) is 9.38 Å². The van der Waals surface area contributed by atoms with Gasteiger partial charge in [-0.25, -0.2) is 4.98 Å². The molecule has 4 rings (SSSR count). The third-order valence-electron chi connectivity index (χ3n) is 5.22. The molecule has 1 saturated carbocycles. The van der Waals surface area contributed by atoms with Crippen LogP contribution in [-0.4, -0.2) is 9.38 Å². The van der Waals surface area contributed by atoms with Crippen molar-refractivity contribution in [2.75, 3.05) is 0 Å². The quantitative estimate of drug-likeness (QED) is 0.637. The zero-order valence-electron chi connectivity index (χ0n) is 14.1. The van der Waals surface area contributed by atoms with Gasteiger partial charge in [0.15, 0.2) is 5.76 Å². The van der Waals surface area contributed by atoms with Crippen molar-refractivity contribution in [3.05, 3.63) is 47.0 Å². The highest BCUT2D eigenvalue weighted by atomic mass is 16.3. The summed E-state index contributed by atoms with van der Waals surface area (Å²) in [5.41, 5.74) is 5.79. The summed E-state index contributed by atoms with van der Waals surface area (Å²) in [7, 11) is 0. The number of pyridine rings is 1. The van der Waals surface area contributed by atoms with Crippen LogP contribution in [-0.2, 0) is 0 Å². The van der Waals surface area contributed by atoms with Gasteiger partial charge in [-0.3, -0.25) is 4.40 Å². The van der Waals surface area contributed by atoms with E-state index in [1.165, 1.54) is 43.2 Å². The van der Waals surface area contributed by atoms with Gasteiger partial charge in [0.05, 0.1) is 0 Å². The predicted molar refractivity (Wildman–Crippen MR) is 91.8 cm³/mol. The molecule has 1 aliphatic carbocycles. The van der Waals surface area contributed by atoms with Crippen LogP contribution in [0.5, 0.6) is 0 Å². The third kappa shape index (κ3) is 2.48. The lowest BCUT2D eigenvalue weighted by Gasteiger charge is -2.23. The Bertz CT molecular complexity index is 831. The zero-order chi connectivity index (χ0) is 16.0. The van der Waals surface area contributed by atoms with Gasteiger partial charge in [0.25, 0.3) is 0 Å². The standard InChI is InChI=1S/C20H23N2O/c1-13-9-10-22-12-17(18-11-14(2)15(3)23-18)21-20(22)19(13)16-7-5-4-6-8-16/h9-11,16H,4-8H2,1-3H3. The number of imidazole rings is 1. The number of aryl methyl sites for hydroxylation is 3. The van der Waals surface area contributed by atoms with Crippen LogP contribution in [0.15, 0.2) is 22.7 Å². The first-order valence-electron chi connectivity index (χ1n) is 8.62. The number of rotatable bonds is 2. The van der Waals surface area contributed by atoms with Crippen LogP contribution >= 0.6 is 0 Å². The summed E-state index contributed by atoms with van der Waals surface area (Å²) in [6.07, 6.45) is 12.0. The molecule has 0 amide bonds. The summed E-state index contributed by atoms with van der Waals surface area (Å²) >= 11 is 0. The van der Waals surface area contributed by atoms with Gasteiger partial charge in [-0.1, -0.05) is 19.3 Å². The molecule has 0 unspecified atom stereocenters. The predicted octanol–water partition coefficient (Wildman–Crippen LogP) is 5.37. The summed E-state index contributed by atoms with van der Waals surface area (Å²) in [6.45, 7) is 6.27. The molecular formula is C20H23N2O. The Balaban J connectivity index is 1.84. The van der Waals surface area contributed by atoms with E-state index in [0.717, 1.165) is 28.4 Å². The Hall–Kier alpha value is -2.03. The van der Waals surface area contributed by atoms with Gasteiger partial charge >= 0.3 is 0 Å². The Morgan fingerprint density at radius 1 is 1.13 bits per heavy atom. The Kier molecular flexibility index (Phi) is 3.51. The van der Waals surface area contributed by atoms with E-state index in [1.807, 2.05) is 11.3 Å². The van der Waals surface area contributed by atoms with Crippen LogP contribution in [0, 0.1) is 27.0 Å². The third-order valence-corrected chi connectivity index (χ3v) is 5.22. The summed E-state index contributed by atoms with van der Waals surface area (Å²) in [5.74, 6) is 2.40. The van der Waals surface area contributed by atoms with Crippen molar-refractivity contribution in [1.29, 1.82) is 0 Å². The Morgan fingerprint density at radius 3 is 2.61 bits per heavy atom. The number of hydrogen-bond donors (Lipinski definition) is 0. The first kappa shape index (κ1) is 14.6. The van der Waals surface area contributed by atoms with E-state index in [-0.39, 0.29) is 0 Å².